The van der Waals surface area contributed by atoms with Crippen molar-refractivity contribution in [3.63, 3.8) is 0 Å². The normalized spacial score (nSPS) is 12.4. The van der Waals surface area contributed by atoms with Crippen molar-refractivity contribution in [2.75, 3.05) is 19.8 Å². The van der Waals surface area contributed by atoms with E-state index < -0.39 is 6.10 Å². The average molecular weight is 241 g/mol. The summed E-state index contributed by atoms with van der Waals surface area (Å²) >= 11 is 0. The molecule has 5 heteroatoms. The molecule has 1 amide bonds. The van der Waals surface area contributed by atoms with Gasteiger partial charge in [0.15, 0.2) is 0 Å². The minimum absolute atomic E-state index is 0.0877. The van der Waals surface area contributed by atoms with Crippen molar-refractivity contribution in [3.8, 4) is 0 Å². The lowest BCUT2D eigenvalue weighted by atomic mass is 10.2. The molecular formula is C12H19NO4. The van der Waals surface area contributed by atoms with Crippen molar-refractivity contribution in [3.05, 3.63) is 24.2 Å². The summed E-state index contributed by atoms with van der Waals surface area (Å²) in [6.45, 7) is 3.34. The van der Waals surface area contributed by atoms with Gasteiger partial charge in [-0.25, -0.2) is 0 Å². The summed E-state index contributed by atoms with van der Waals surface area (Å²) in [5, 5.41) is 12.3. The summed E-state index contributed by atoms with van der Waals surface area (Å²) in [5.41, 5.74) is 0. The molecule has 0 aliphatic rings. The first-order valence-electron chi connectivity index (χ1n) is 5.80. The van der Waals surface area contributed by atoms with E-state index in [4.69, 9.17) is 9.15 Å². The van der Waals surface area contributed by atoms with Crippen LogP contribution in [-0.4, -0.2) is 30.8 Å². The molecule has 0 fully saturated rings. The number of carbonyl (C=O) groups excluding carboxylic acids is 1. The van der Waals surface area contributed by atoms with Gasteiger partial charge < -0.3 is 19.6 Å². The molecule has 1 rings (SSSR count). The van der Waals surface area contributed by atoms with Crippen LogP contribution < -0.4 is 5.32 Å². The van der Waals surface area contributed by atoms with Gasteiger partial charge in [0.25, 0.3) is 0 Å². The van der Waals surface area contributed by atoms with Gasteiger partial charge in [0.2, 0.25) is 5.91 Å². The highest BCUT2D eigenvalue weighted by molar-refractivity contribution is 5.75. The largest absolute Gasteiger partial charge is 0.467 e. The molecule has 1 atom stereocenters. The van der Waals surface area contributed by atoms with Crippen LogP contribution in [0.4, 0.5) is 0 Å². The first-order valence-corrected chi connectivity index (χ1v) is 5.80. The van der Waals surface area contributed by atoms with Crippen LogP contribution >= 0.6 is 0 Å². The molecule has 5 nitrogen and oxygen atoms in total. The zero-order chi connectivity index (χ0) is 12.5. The number of ether oxygens (including phenoxy) is 1. The van der Waals surface area contributed by atoms with Crippen LogP contribution in [0.3, 0.4) is 0 Å². The maximum atomic E-state index is 11.4. The van der Waals surface area contributed by atoms with Crippen LogP contribution in [0.25, 0.3) is 0 Å². The molecular weight excluding hydrogens is 222 g/mol. The Kier molecular flexibility index (Phi) is 6.35. The van der Waals surface area contributed by atoms with Crippen molar-refractivity contribution < 1.29 is 19.1 Å². The molecule has 0 bridgehead atoms. The summed E-state index contributed by atoms with van der Waals surface area (Å²) in [7, 11) is 0. The highest BCUT2D eigenvalue weighted by Gasteiger charge is 2.11. The molecule has 17 heavy (non-hydrogen) atoms. The van der Waals surface area contributed by atoms with Crippen molar-refractivity contribution >= 4 is 5.91 Å². The highest BCUT2D eigenvalue weighted by Crippen LogP contribution is 2.11. The number of amides is 1. The molecule has 2 N–H and O–H groups in total. The molecule has 1 unspecified atom stereocenters. The second-order valence-corrected chi connectivity index (χ2v) is 3.64. The molecule has 1 aromatic heterocycles. The fraction of sp³-hybridized carbons (Fsp3) is 0.583. The SMILES string of the molecule is CCOCCCC(=O)NCC(O)c1ccco1. The van der Waals surface area contributed by atoms with Crippen molar-refractivity contribution in [1.82, 2.24) is 5.32 Å². The van der Waals surface area contributed by atoms with Crippen molar-refractivity contribution in [2.45, 2.75) is 25.9 Å². The number of aliphatic hydroxyl groups is 1. The molecule has 0 saturated carbocycles. The summed E-state index contributed by atoms with van der Waals surface area (Å²) in [6.07, 6.45) is 1.80. The maximum Gasteiger partial charge on any atom is 0.220 e. The van der Waals surface area contributed by atoms with Crippen LogP contribution in [0.1, 0.15) is 31.6 Å². The predicted molar refractivity (Wildman–Crippen MR) is 62.4 cm³/mol. The molecule has 0 aromatic carbocycles. The Balaban J connectivity index is 2.11. The minimum Gasteiger partial charge on any atom is -0.467 e. The third-order valence-electron chi connectivity index (χ3n) is 2.26. The van der Waals surface area contributed by atoms with Gasteiger partial charge in [-0.2, -0.15) is 0 Å². The Bertz CT molecular complexity index is 310. The molecule has 1 heterocycles. The monoisotopic (exact) mass is 241 g/mol. The van der Waals surface area contributed by atoms with E-state index in [1.807, 2.05) is 6.92 Å². The number of nitrogens with one attached hydrogen (secondary N) is 1. The summed E-state index contributed by atoms with van der Waals surface area (Å²) in [5.74, 6) is 0.370. The number of hydrogen-bond donors (Lipinski definition) is 2. The summed E-state index contributed by atoms with van der Waals surface area (Å²) < 4.78 is 10.1. The van der Waals surface area contributed by atoms with E-state index in [1.165, 1.54) is 6.26 Å². The fourth-order valence-electron chi connectivity index (χ4n) is 1.36. The van der Waals surface area contributed by atoms with Crippen molar-refractivity contribution in [2.24, 2.45) is 0 Å². The lowest BCUT2D eigenvalue weighted by Gasteiger charge is -2.09. The minimum atomic E-state index is -0.791. The first-order chi connectivity index (χ1) is 8.24. The van der Waals surface area contributed by atoms with Crippen LogP contribution in [0.15, 0.2) is 22.8 Å². The van der Waals surface area contributed by atoms with Gasteiger partial charge >= 0.3 is 0 Å². The molecule has 0 spiro atoms. The predicted octanol–water partition coefficient (Wildman–Crippen LogP) is 1.25. The van der Waals surface area contributed by atoms with E-state index in [2.05, 4.69) is 5.32 Å². The summed E-state index contributed by atoms with van der Waals surface area (Å²) in [6, 6.07) is 3.37. The van der Waals surface area contributed by atoms with Gasteiger partial charge in [-0.1, -0.05) is 0 Å². The number of hydrogen-bond acceptors (Lipinski definition) is 4. The van der Waals surface area contributed by atoms with E-state index in [0.717, 1.165) is 0 Å². The van der Waals surface area contributed by atoms with E-state index in [0.29, 0.717) is 31.8 Å². The first kappa shape index (κ1) is 13.7. The lowest BCUT2D eigenvalue weighted by molar-refractivity contribution is -0.121. The molecule has 0 saturated heterocycles. The summed E-state index contributed by atoms with van der Waals surface area (Å²) in [4.78, 5) is 11.4. The van der Waals surface area contributed by atoms with E-state index in [1.54, 1.807) is 12.1 Å². The van der Waals surface area contributed by atoms with Gasteiger partial charge in [0, 0.05) is 19.6 Å². The average Bonchev–Trinajstić information content (AvgIpc) is 2.85. The quantitative estimate of drug-likeness (QED) is 0.672. The topological polar surface area (TPSA) is 71.7 Å². The third kappa shape index (κ3) is 5.51. The van der Waals surface area contributed by atoms with Crippen LogP contribution in [0.2, 0.25) is 0 Å². The zero-order valence-corrected chi connectivity index (χ0v) is 10.0. The number of carbonyl (C=O) groups is 1. The molecule has 0 aliphatic carbocycles. The number of rotatable bonds is 8. The van der Waals surface area contributed by atoms with E-state index in [9.17, 15) is 9.90 Å². The van der Waals surface area contributed by atoms with E-state index in [-0.39, 0.29) is 12.5 Å². The lowest BCUT2D eigenvalue weighted by Crippen LogP contribution is -2.28. The Morgan fingerprint density at radius 2 is 2.47 bits per heavy atom. The standard InChI is InChI=1S/C12H19NO4/c1-2-16-7-4-6-12(15)13-9-10(14)11-5-3-8-17-11/h3,5,8,10,14H,2,4,6-7,9H2,1H3,(H,13,15). The molecule has 96 valence electrons. The molecule has 0 aliphatic heterocycles. The van der Waals surface area contributed by atoms with E-state index >= 15 is 0 Å². The van der Waals surface area contributed by atoms with Crippen LogP contribution in [0, 0.1) is 0 Å². The molecule has 1 aromatic rings. The van der Waals surface area contributed by atoms with Crippen LogP contribution in [0.5, 0.6) is 0 Å². The molecule has 0 radical (unpaired) electrons. The smallest absolute Gasteiger partial charge is 0.220 e. The van der Waals surface area contributed by atoms with Gasteiger partial charge in [0.05, 0.1) is 12.8 Å². The van der Waals surface area contributed by atoms with Gasteiger partial charge in [-0.15, -0.1) is 0 Å². The zero-order valence-electron chi connectivity index (χ0n) is 10.0. The second-order valence-electron chi connectivity index (χ2n) is 3.64. The Hall–Kier alpha value is -1.33. The maximum absolute atomic E-state index is 11.4. The van der Waals surface area contributed by atoms with Crippen LogP contribution in [-0.2, 0) is 9.53 Å². The fourth-order valence-corrected chi connectivity index (χ4v) is 1.36. The third-order valence-corrected chi connectivity index (χ3v) is 2.26. The van der Waals surface area contributed by atoms with Gasteiger partial charge in [0.1, 0.15) is 11.9 Å². The van der Waals surface area contributed by atoms with Crippen molar-refractivity contribution in [1.29, 1.82) is 0 Å². The second kappa shape index (κ2) is 7.86. The Morgan fingerprint density at radius 3 is 3.12 bits per heavy atom. The van der Waals surface area contributed by atoms with Gasteiger partial charge in [-0.05, 0) is 25.5 Å². The Labute approximate surface area is 101 Å². The Morgan fingerprint density at radius 1 is 1.65 bits per heavy atom. The highest BCUT2D eigenvalue weighted by atomic mass is 16.5. The van der Waals surface area contributed by atoms with Gasteiger partial charge in [-0.3, -0.25) is 4.79 Å². The number of aliphatic hydroxyl groups excluding tert-OH is 1. The number of furan rings is 1.